The number of nitrogens with zero attached hydrogens (tertiary/aromatic N) is 7. The van der Waals surface area contributed by atoms with E-state index in [2.05, 4.69) is 31.2 Å². The molecule has 0 radical (unpaired) electrons. The number of rotatable bonds is 4. The first-order valence-corrected chi connectivity index (χ1v) is 9.38. The van der Waals surface area contributed by atoms with Crippen LogP contribution in [0.15, 0.2) is 22.7 Å². The third kappa shape index (κ3) is 2.84. The van der Waals surface area contributed by atoms with Gasteiger partial charge in [0, 0.05) is 31.6 Å². The molecule has 0 unspecified atom stereocenters. The average Bonchev–Trinajstić information content (AvgIpc) is 3.20. The Bertz CT molecular complexity index is 905. The number of likely N-dealkylation sites (tertiary alicyclic amines) is 1. The zero-order valence-electron chi connectivity index (χ0n) is 15.0. The summed E-state index contributed by atoms with van der Waals surface area (Å²) in [6.07, 6.45) is 3.37. The average molecular weight is 353 g/mol. The van der Waals surface area contributed by atoms with Crippen LogP contribution in [0, 0.1) is 6.92 Å². The maximum Gasteiger partial charge on any atom is 0.178 e. The van der Waals surface area contributed by atoms with Crippen LogP contribution in [0.25, 0.3) is 5.65 Å². The van der Waals surface area contributed by atoms with E-state index < -0.39 is 0 Å². The van der Waals surface area contributed by atoms with Gasteiger partial charge in [0.25, 0.3) is 0 Å². The smallest absolute Gasteiger partial charge is 0.178 e. The number of fused-ring (bicyclic) bond motifs is 1. The molecule has 0 amide bonds. The zero-order valence-corrected chi connectivity index (χ0v) is 15.0. The quantitative estimate of drug-likeness (QED) is 0.710. The molecule has 0 saturated carbocycles. The van der Waals surface area contributed by atoms with Crippen LogP contribution in [-0.2, 0) is 6.54 Å². The van der Waals surface area contributed by atoms with Crippen molar-refractivity contribution in [2.75, 3.05) is 31.1 Å². The highest BCUT2D eigenvalue weighted by molar-refractivity contribution is 5.47. The number of piperidine rings is 1. The molecule has 8 heteroatoms. The molecule has 0 aliphatic carbocycles. The van der Waals surface area contributed by atoms with E-state index in [4.69, 9.17) is 9.62 Å². The van der Waals surface area contributed by atoms with Crippen LogP contribution in [0.2, 0.25) is 0 Å². The van der Waals surface area contributed by atoms with Crippen LogP contribution in [0.3, 0.4) is 0 Å². The van der Waals surface area contributed by atoms with Crippen LogP contribution >= 0.6 is 0 Å². The van der Waals surface area contributed by atoms with Crippen molar-refractivity contribution in [3.8, 4) is 0 Å². The van der Waals surface area contributed by atoms with Crippen LogP contribution in [0.4, 0.5) is 5.82 Å². The molecule has 0 spiro atoms. The lowest BCUT2D eigenvalue weighted by Gasteiger charge is -2.32. The Hall–Kier alpha value is -2.48. The van der Waals surface area contributed by atoms with Crippen LogP contribution in [-0.4, -0.2) is 56.0 Å². The van der Waals surface area contributed by atoms with Gasteiger partial charge in [-0.2, -0.15) is 4.52 Å². The van der Waals surface area contributed by atoms with E-state index in [-0.39, 0.29) is 0 Å². The van der Waals surface area contributed by atoms with E-state index in [9.17, 15) is 0 Å². The molecule has 3 aromatic rings. The summed E-state index contributed by atoms with van der Waals surface area (Å²) < 4.78 is 7.12. The Labute approximate surface area is 151 Å². The number of aromatic nitrogens is 5. The highest BCUT2D eigenvalue weighted by Crippen LogP contribution is 2.28. The van der Waals surface area contributed by atoms with E-state index in [1.807, 2.05) is 23.6 Å². The van der Waals surface area contributed by atoms with Gasteiger partial charge in [-0.3, -0.25) is 4.90 Å². The van der Waals surface area contributed by atoms with Crippen LogP contribution in [0.1, 0.15) is 42.5 Å². The summed E-state index contributed by atoms with van der Waals surface area (Å²) in [4.78, 5) is 4.72. The Morgan fingerprint density at radius 1 is 1.12 bits per heavy atom. The van der Waals surface area contributed by atoms with Crippen molar-refractivity contribution in [3.63, 3.8) is 0 Å². The van der Waals surface area contributed by atoms with E-state index in [0.717, 1.165) is 74.3 Å². The zero-order chi connectivity index (χ0) is 17.5. The first kappa shape index (κ1) is 15.7. The predicted molar refractivity (Wildman–Crippen MR) is 96.1 cm³/mol. The SMILES string of the molecule is Cc1cc(CN2CCC(c3nnc4ccc(N5CCC5)nn34)CC2)no1. The fourth-order valence-electron chi connectivity index (χ4n) is 3.84. The molecule has 0 aromatic carbocycles. The van der Waals surface area contributed by atoms with Gasteiger partial charge in [0.05, 0.1) is 5.69 Å². The van der Waals surface area contributed by atoms with Gasteiger partial charge in [-0.15, -0.1) is 15.3 Å². The van der Waals surface area contributed by atoms with Crippen LogP contribution < -0.4 is 4.90 Å². The maximum atomic E-state index is 5.17. The van der Waals surface area contributed by atoms with Gasteiger partial charge in [0.2, 0.25) is 0 Å². The summed E-state index contributed by atoms with van der Waals surface area (Å²) in [5.41, 5.74) is 1.85. The van der Waals surface area contributed by atoms with Crippen molar-refractivity contribution in [1.82, 2.24) is 29.9 Å². The molecular formula is C18H23N7O. The van der Waals surface area contributed by atoms with Crippen molar-refractivity contribution >= 4 is 11.5 Å². The van der Waals surface area contributed by atoms with Gasteiger partial charge in [0.15, 0.2) is 11.5 Å². The van der Waals surface area contributed by atoms with Gasteiger partial charge in [-0.05, 0) is 51.4 Å². The minimum Gasteiger partial charge on any atom is -0.361 e. The lowest BCUT2D eigenvalue weighted by atomic mass is 9.96. The Morgan fingerprint density at radius 3 is 2.65 bits per heavy atom. The van der Waals surface area contributed by atoms with Crippen molar-refractivity contribution in [2.24, 2.45) is 0 Å². The molecule has 0 atom stereocenters. The molecule has 0 N–H and O–H groups in total. The third-order valence-corrected chi connectivity index (χ3v) is 5.47. The molecule has 5 heterocycles. The molecule has 2 fully saturated rings. The molecule has 26 heavy (non-hydrogen) atoms. The van der Waals surface area contributed by atoms with Gasteiger partial charge < -0.3 is 9.42 Å². The summed E-state index contributed by atoms with van der Waals surface area (Å²) in [6, 6.07) is 6.09. The molecule has 2 saturated heterocycles. The van der Waals surface area contributed by atoms with Gasteiger partial charge >= 0.3 is 0 Å². The van der Waals surface area contributed by atoms with Crippen molar-refractivity contribution < 1.29 is 4.52 Å². The first-order chi connectivity index (χ1) is 12.8. The second kappa shape index (κ2) is 6.35. The molecule has 136 valence electrons. The highest BCUT2D eigenvalue weighted by Gasteiger charge is 2.26. The lowest BCUT2D eigenvalue weighted by Crippen LogP contribution is -2.38. The Morgan fingerprint density at radius 2 is 1.96 bits per heavy atom. The molecule has 5 rings (SSSR count). The van der Waals surface area contributed by atoms with Gasteiger partial charge in [-0.25, -0.2) is 0 Å². The van der Waals surface area contributed by atoms with Crippen molar-refractivity contribution in [3.05, 3.63) is 35.5 Å². The lowest BCUT2D eigenvalue weighted by molar-refractivity contribution is 0.196. The molecular weight excluding hydrogens is 330 g/mol. The van der Waals surface area contributed by atoms with Gasteiger partial charge in [-0.1, -0.05) is 5.16 Å². The number of hydrogen-bond donors (Lipinski definition) is 0. The summed E-state index contributed by atoms with van der Waals surface area (Å²) in [7, 11) is 0. The summed E-state index contributed by atoms with van der Waals surface area (Å²) >= 11 is 0. The number of hydrogen-bond acceptors (Lipinski definition) is 7. The highest BCUT2D eigenvalue weighted by atomic mass is 16.5. The summed E-state index contributed by atoms with van der Waals surface area (Å²) in [5.74, 6) is 3.30. The molecule has 8 nitrogen and oxygen atoms in total. The van der Waals surface area contributed by atoms with E-state index in [1.54, 1.807) is 0 Å². The fraction of sp³-hybridized carbons (Fsp3) is 0.556. The fourth-order valence-corrected chi connectivity index (χ4v) is 3.84. The Kier molecular flexibility index (Phi) is 3.85. The topological polar surface area (TPSA) is 75.6 Å². The predicted octanol–water partition coefficient (Wildman–Crippen LogP) is 2.01. The minimum absolute atomic E-state index is 0.402. The van der Waals surface area contributed by atoms with E-state index >= 15 is 0 Å². The summed E-state index contributed by atoms with van der Waals surface area (Å²) in [5, 5.41) is 17.7. The molecule has 3 aromatic heterocycles. The van der Waals surface area contributed by atoms with Gasteiger partial charge in [0.1, 0.15) is 11.6 Å². The molecule has 0 bridgehead atoms. The van der Waals surface area contributed by atoms with E-state index in [0.29, 0.717) is 5.92 Å². The standard InChI is InChI=1S/C18H23N7O/c1-13-11-15(22-26-13)12-23-9-5-14(6-10-23)18-20-19-16-3-4-17(21-25(16)18)24-7-2-8-24/h3-4,11,14H,2,5-10,12H2,1H3. The first-order valence-electron chi connectivity index (χ1n) is 9.38. The largest absolute Gasteiger partial charge is 0.361 e. The maximum absolute atomic E-state index is 5.17. The second-order valence-corrected chi connectivity index (χ2v) is 7.34. The van der Waals surface area contributed by atoms with Crippen molar-refractivity contribution in [2.45, 2.75) is 38.6 Å². The van der Waals surface area contributed by atoms with E-state index in [1.165, 1.54) is 6.42 Å². The third-order valence-electron chi connectivity index (χ3n) is 5.47. The molecule has 2 aliphatic rings. The monoisotopic (exact) mass is 353 g/mol. The number of anilines is 1. The van der Waals surface area contributed by atoms with Crippen molar-refractivity contribution in [1.29, 1.82) is 0 Å². The minimum atomic E-state index is 0.402. The molecule has 2 aliphatic heterocycles. The normalized spacial score (nSPS) is 19.2. The Balaban J connectivity index is 1.30. The second-order valence-electron chi connectivity index (χ2n) is 7.34. The summed E-state index contributed by atoms with van der Waals surface area (Å²) in [6.45, 7) is 7.02. The van der Waals surface area contributed by atoms with Crippen LogP contribution in [0.5, 0.6) is 0 Å². The number of aryl methyl sites for hydroxylation is 1.